The Balaban J connectivity index is 2.33. The van der Waals surface area contributed by atoms with Gasteiger partial charge in [-0.15, -0.1) is 11.3 Å². The highest BCUT2D eigenvalue weighted by atomic mass is 35.5. The summed E-state index contributed by atoms with van der Waals surface area (Å²) in [6, 6.07) is 4.31. The van der Waals surface area contributed by atoms with Gasteiger partial charge in [-0.2, -0.15) is 0 Å². The van der Waals surface area contributed by atoms with E-state index in [-0.39, 0.29) is 0 Å². The third-order valence-electron chi connectivity index (χ3n) is 1.61. The van der Waals surface area contributed by atoms with E-state index < -0.39 is 0 Å². The van der Waals surface area contributed by atoms with Crippen molar-refractivity contribution in [2.24, 2.45) is 5.73 Å². The van der Waals surface area contributed by atoms with Crippen LogP contribution in [-0.4, -0.2) is 12.6 Å². The van der Waals surface area contributed by atoms with Gasteiger partial charge in [0.25, 0.3) is 0 Å². The Hall–Kier alpha value is -0.0900. The molecule has 1 heterocycles. The van der Waals surface area contributed by atoms with Gasteiger partial charge in [-0.25, -0.2) is 0 Å². The fourth-order valence-electron chi connectivity index (χ4n) is 0.805. The van der Waals surface area contributed by atoms with Crippen LogP contribution in [0.1, 0.15) is 11.8 Å². The molecule has 0 fully saturated rings. The van der Waals surface area contributed by atoms with Crippen molar-refractivity contribution in [3.05, 3.63) is 21.3 Å². The van der Waals surface area contributed by atoms with Gasteiger partial charge in [0.05, 0.1) is 4.34 Å². The highest BCUT2D eigenvalue weighted by molar-refractivity contribution is 7.16. The van der Waals surface area contributed by atoms with Crippen LogP contribution >= 0.6 is 22.9 Å². The first-order valence-corrected chi connectivity index (χ1v) is 5.09. The summed E-state index contributed by atoms with van der Waals surface area (Å²) in [5, 5.41) is 3.29. The zero-order chi connectivity index (χ0) is 8.97. The lowest BCUT2D eigenvalue weighted by Gasteiger charge is -2.08. The second-order valence-electron chi connectivity index (χ2n) is 2.72. The Bertz CT molecular complexity index is 237. The van der Waals surface area contributed by atoms with E-state index in [0.29, 0.717) is 12.6 Å². The van der Waals surface area contributed by atoms with Crippen molar-refractivity contribution >= 4 is 22.9 Å². The number of halogens is 1. The average molecular weight is 205 g/mol. The second-order valence-corrected chi connectivity index (χ2v) is 4.52. The molecule has 0 aliphatic rings. The van der Waals surface area contributed by atoms with Gasteiger partial charge in [0.1, 0.15) is 0 Å². The summed E-state index contributed by atoms with van der Waals surface area (Å²) < 4.78 is 0.840. The fraction of sp³-hybridized carbons (Fsp3) is 0.500. The van der Waals surface area contributed by atoms with Gasteiger partial charge in [-0.3, -0.25) is 0 Å². The summed E-state index contributed by atoms with van der Waals surface area (Å²) in [5.74, 6) is 0. The smallest absolute Gasteiger partial charge is 0.0931 e. The van der Waals surface area contributed by atoms with Crippen molar-refractivity contribution < 1.29 is 0 Å². The van der Waals surface area contributed by atoms with E-state index >= 15 is 0 Å². The maximum absolute atomic E-state index is 5.78. The van der Waals surface area contributed by atoms with Crippen molar-refractivity contribution in [1.29, 1.82) is 0 Å². The minimum absolute atomic E-state index is 0.367. The van der Waals surface area contributed by atoms with Crippen LogP contribution < -0.4 is 11.1 Å². The lowest BCUT2D eigenvalue weighted by Crippen LogP contribution is -2.32. The van der Waals surface area contributed by atoms with Gasteiger partial charge < -0.3 is 11.1 Å². The molecule has 1 atom stereocenters. The van der Waals surface area contributed by atoms with Crippen molar-refractivity contribution in [3.8, 4) is 0 Å². The van der Waals surface area contributed by atoms with Crippen LogP contribution in [0, 0.1) is 0 Å². The molecule has 3 N–H and O–H groups in total. The number of rotatable bonds is 4. The molecule has 0 radical (unpaired) electrons. The Kier molecular flexibility index (Phi) is 4.01. The van der Waals surface area contributed by atoms with Gasteiger partial charge in [0.15, 0.2) is 0 Å². The molecule has 0 saturated carbocycles. The standard InChI is InChI=1S/C8H13ClN2S/c1-6(4-10)11-5-7-2-3-8(9)12-7/h2-3,6,11H,4-5,10H2,1H3/t6-/m1/s1. The first kappa shape index (κ1) is 9.99. The maximum atomic E-state index is 5.78. The molecule has 1 aromatic heterocycles. The van der Waals surface area contributed by atoms with Crippen LogP contribution in [0.15, 0.2) is 12.1 Å². The predicted molar refractivity (Wildman–Crippen MR) is 54.7 cm³/mol. The van der Waals surface area contributed by atoms with Crippen LogP contribution in [0.5, 0.6) is 0 Å². The highest BCUT2D eigenvalue weighted by Crippen LogP contribution is 2.20. The van der Waals surface area contributed by atoms with E-state index in [1.54, 1.807) is 11.3 Å². The predicted octanol–water partition coefficient (Wildman–Crippen LogP) is 1.84. The Labute approximate surface area is 81.7 Å². The first-order chi connectivity index (χ1) is 5.72. The highest BCUT2D eigenvalue weighted by Gasteiger charge is 2.00. The minimum Gasteiger partial charge on any atom is -0.329 e. The Morgan fingerprint density at radius 1 is 1.67 bits per heavy atom. The quantitative estimate of drug-likeness (QED) is 0.786. The lowest BCUT2D eigenvalue weighted by atomic mass is 10.3. The number of hydrogen-bond acceptors (Lipinski definition) is 3. The van der Waals surface area contributed by atoms with Gasteiger partial charge >= 0.3 is 0 Å². The molecule has 0 aliphatic heterocycles. The van der Waals surface area contributed by atoms with Crippen LogP contribution in [-0.2, 0) is 6.54 Å². The molecular weight excluding hydrogens is 192 g/mol. The average Bonchev–Trinajstić information content (AvgIpc) is 2.47. The summed E-state index contributed by atoms with van der Waals surface area (Å²) >= 11 is 7.38. The molecule has 0 spiro atoms. The third-order valence-corrected chi connectivity index (χ3v) is 2.84. The first-order valence-electron chi connectivity index (χ1n) is 3.90. The molecule has 0 aromatic carbocycles. The topological polar surface area (TPSA) is 38.0 Å². The summed E-state index contributed by atoms with van der Waals surface area (Å²) in [5.41, 5.74) is 5.46. The van der Waals surface area contributed by atoms with Crippen LogP contribution in [0.25, 0.3) is 0 Å². The molecule has 0 aliphatic carbocycles. The molecule has 4 heteroatoms. The molecule has 2 nitrogen and oxygen atoms in total. The van der Waals surface area contributed by atoms with Crippen molar-refractivity contribution in [2.45, 2.75) is 19.5 Å². The zero-order valence-corrected chi connectivity index (χ0v) is 8.58. The van der Waals surface area contributed by atoms with Crippen molar-refractivity contribution in [2.75, 3.05) is 6.54 Å². The Morgan fingerprint density at radius 2 is 2.42 bits per heavy atom. The minimum atomic E-state index is 0.367. The van der Waals surface area contributed by atoms with E-state index in [9.17, 15) is 0 Å². The van der Waals surface area contributed by atoms with E-state index in [4.69, 9.17) is 17.3 Å². The van der Waals surface area contributed by atoms with Gasteiger partial charge in [0, 0.05) is 24.0 Å². The summed E-state index contributed by atoms with van der Waals surface area (Å²) in [6.07, 6.45) is 0. The summed E-state index contributed by atoms with van der Waals surface area (Å²) in [6.45, 7) is 3.59. The molecule has 0 bridgehead atoms. The lowest BCUT2D eigenvalue weighted by molar-refractivity contribution is 0.560. The van der Waals surface area contributed by atoms with Gasteiger partial charge in [-0.1, -0.05) is 11.6 Å². The number of nitrogens with one attached hydrogen (secondary N) is 1. The molecule has 1 aromatic rings. The van der Waals surface area contributed by atoms with Crippen molar-refractivity contribution in [3.63, 3.8) is 0 Å². The van der Waals surface area contributed by atoms with E-state index in [1.807, 2.05) is 12.1 Å². The van der Waals surface area contributed by atoms with E-state index in [1.165, 1.54) is 4.88 Å². The number of hydrogen-bond donors (Lipinski definition) is 2. The van der Waals surface area contributed by atoms with Crippen LogP contribution in [0.3, 0.4) is 0 Å². The number of thiophene rings is 1. The maximum Gasteiger partial charge on any atom is 0.0931 e. The molecule has 68 valence electrons. The molecule has 1 rings (SSSR count). The van der Waals surface area contributed by atoms with Gasteiger partial charge in [0.2, 0.25) is 0 Å². The largest absolute Gasteiger partial charge is 0.329 e. The molecule has 0 saturated heterocycles. The SMILES string of the molecule is C[C@H](CN)NCc1ccc(Cl)s1. The second kappa shape index (κ2) is 4.82. The number of nitrogens with two attached hydrogens (primary N) is 1. The van der Waals surface area contributed by atoms with Crippen LogP contribution in [0.4, 0.5) is 0 Å². The molecule has 0 amide bonds. The summed E-state index contributed by atoms with van der Waals surface area (Å²) in [4.78, 5) is 1.25. The molecule has 12 heavy (non-hydrogen) atoms. The molecular formula is C8H13ClN2S. The third kappa shape index (κ3) is 3.11. The molecule has 0 unspecified atom stereocenters. The van der Waals surface area contributed by atoms with Gasteiger partial charge in [-0.05, 0) is 19.1 Å². The fourth-order valence-corrected chi connectivity index (χ4v) is 1.84. The Morgan fingerprint density at radius 3 is 2.92 bits per heavy atom. The van der Waals surface area contributed by atoms with E-state index in [2.05, 4.69) is 12.2 Å². The normalized spacial score (nSPS) is 13.2. The van der Waals surface area contributed by atoms with Crippen molar-refractivity contribution in [1.82, 2.24) is 5.32 Å². The monoisotopic (exact) mass is 204 g/mol. The van der Waals surface area contributed by atoms with E-state index in [0.717, 1.165) is 10.9 Å². The summed E-state index contributed by atoms with van der Waals surface area (Å²) in [7, 11) is 0. The van der Waals surface area contributed by atoms with Crippen LogP contribution in [0.2, 0.25) is 4.34 Å². The zero-order valence-electron chi connectivity index (χ0n) is 7.01.